The van der Waals surface area contributed by atoms with Gasteiger partial charge in [0.2, 0.25) is 0 Å². The number of carbonyl (C=O) groups excluding carboxylic acids is 1. The van der Waals surface area contributed by atoms with Gasteiger partial charge in [0.05, 0.1) is 5.70 Å². The number of nitrogens with zero attached hydrogens (tertiary/aromatic N) is 3. The van der Waals surface area contributed by atoms with Gasteiger partial charge < -0.3 is 10.4 Å². The Morgan fingerprint density at radius 1 is 1.24 bits per heavy atom. The van der Waals surface area contributed by atoms with Crippen molar-refractivity contribution in [1.82, 2.24) is 20.3 Å². The molecule has 1 amide bonds. The normalized spacial score (nSPS) is 12.2. The van der Waals surface area contributed by atoms with Crippen LogP contribution in [0.3, 0.4) is 0 Å². The van der Waals surface area contributed by atoms with E-state index in [0.29, 0.717) is 17.8 Å². The fourth-order valence-corrected chi connectivity index (χ4v) is 2.63. The van der Waals surface area contributed by atoms with Gasteiger partial charge in [-0.05, 0) is 49.3 Å². The predicted molar refractivity (Wildman–Crippen MR) is 116 cm³/mol. The van der Waals surface area contributed by atoms with E-state index in [1.807, 2.05) is 32.1 Å². The van der Waals surface area contributed by atoms with E-state index in [1.54, 1.807) is 36.4 Å². The van der Waals surface area contributed by atoms with Crippen LogP contribution in [0.4, 0.5) is 0 Å². The Hall–Kier alpha value is -3.67. The Balaban J connectivity index is 2.47. The number of hydrogen-bond acceptors (Lipinski definition) is 4. The molecule has 1 aromatic carbocycles. The molecular weight excluding hydrogens is 364 g/mol. The summed E-state index contributed by atoms with van der Waals surface area (Å²) >= 11 is 0. The van der Waals surface area contributed by atoms with Crippen molar-refractivity contribution in [2.45, 2.75) is 26.7 Å². The van der Waals surface area contributed by atoms with Gasteiger partial charge in [-0.2, -0.15) is 9.90 Å². The molecule has 1 aromatic heterocycles. The summed E-state index contributed by atoms with van der Waals surface area (Å²) in [6.45, 7) is 11.3. The molecule has 2 N–H and O–H groups in total. The molecule has 0 aliphatic heterocycles. The smallest absolute Gasteiger partial charge is 0.278 e. The minimum atomic E-state index is -0.380. The van der Waals surface area contributed by atoms with E-state index in [-0.39, 0.29) is 17.4 Å². The van der Waals surface area contributed by atoms with Crippen LogP contribution in [0.1, 0.15) is 42.0 Å². The first kappa shape index (κ1) is 21.6. The van der Waals surface area contributed by atoms with Crippen molar-refractivity contribution >= 4 is 11.6 Å². The minimum absolute atomic E-state index is 0.182. The number of carbonyl (C=O) groups is 1. The molecule has 6 heteroatoms. The molecule has 0 bridgehead atoms. The Morgan fingerprint density at radius 2 is 1.97 bits per heavy atom. The summed E-state index contributed by atoms with van der Waals surface area (Å²) in [7, 11) is 0. The molecule has 0 spiro atoms. The Kier molecular flexibility index (Phi) is 7.91. The molecule has 0 unspecified atom stereocenters. The van der Waals surface area contributed by atoms with Crippen LogP contribution in [-0.2, 0) is 6.42 Å². The quantitative estimate of drug-likeness (QED) is 0.623. The minimum Gasteiger partial charge on any atom is -0.508 e. The van der Waals surface area contributed by atoms with Gasteiger partial charge in [-0.25, -0.2) is 0 Å². The van der Waals surface area contributed by atoms with Gasteiger partial charge in [0.1, 0.15) is 11.4 Å². The summed E-state index contributed by atoms with van der Waals surface area (Å²) in [6, 6.07) is 6.78. The maximum atomic E-state index is 12.9. The third-order valence-electron chi connectivity index (χ3n) is 3.96. The highest BCUT2D eigenvalue weighted by Gasteiger charge is 2.20. The second kappa shape index (κ2) is 10.6. The van der Waals surface area contributed by atoms with Crippen LogP contribution in [0.2, 0.25) is 0 Å². The summed E-state index contributed by atoms with van der Waals surface area (Å²) < 4.78 is 0. The zero-order chi connectivity index (χ0) is 21.2. The number of benzene rings is 1. The first-order chi connectivity index (χ1) is 14.0. The van der Waals surface area contributed by atoms with Crippen molar-refractivity contribution in [2.75, 3.05) is 0 Å². The molecule has 0 saturated carbocycles. The van der Waals surface area contributed by atoms with Gasteiger partial charge in [-0.3, -0.25) is 4.79 Å². The van der Waals surface area contributed by atoms with Crippen molar-refractivity contribution in [3.63, 3.8) is 0 Å². The van der Waals surface area contributed by atoms with Crippen LogP contribution in [-0.4, -0.2) is 26.0 Å². The number of phenolic OH excluding ortho intramolecular Hbond substituents is 1. The van der Waals surface area contributed by atoms with E-state index >= 15 is 0 Å². The highest BCUT2D eigenvalue weighted by molar-refractivity contribution is 5.94. The van der Waals surface area contributed by atoms with Gasteiger partial charge in [0.25, 0.3) is 5.91 Å². The molecule has 6 nitrogen and oxygen atoms in total. The van der Waals surface area contributed by atoms with Crippen molar-refractivity contribution in [2.24, 2.45) is 0 Å². The Morgan fingerprint density at radius 3 is 2.55 bits per heavy atom. The molecule has 150 valence electrons. The van der Waals surface area contributed by atoms with Crippen LogP contribution in [0.5, 0.6) is 5.75 Å². The van der Waals surface area contributed by atoms with Crippen LogP contribution < -0.4 is 5.32 Å². The highest BCUT2D eigenvalue weighted by atomic mass is 16.3. The van der Waals surface area contributed by atoms with Gasteiger partial charge in [0, 0.05) is 12.1 Å². The van der Waals surface area contributed by atoms with E-state index in [2.05, 4.69) is 28.7 Å². The number of rotatable bonds is 9. The number of aromatic hydroxyl groups is 1. The number of phenols is 1. The SMILES string of the molecule is C=C/C=C(\C=C)NC(=O)c1nn(C(/C=C\C)=C/CC)nc1Cc1ccc(O)cc1. The second-order valence-corrected chi connectivity index (χ2v) is 6.18. The lowest BCUT2D eigenvalue weighted by molar-refractivity contribution is 0.0961. The monoisotopic (exact) mass is 390 g/mol. The molecule has 0 saturated heterocycles. The summed E-state index contributed by atoms with van der Waals surface area (Å²) in [5.74, 6) is -0.198. The molecule has 0 aliphatic carbocycles. The molecule has 1 heterocycles. The van der Waals surface area contributed by atoms with E-state index < -0.39 is 0 Å². The second-order valence-electron chi connectivity index (χ2n) is 6.18. The zero-order valence-corrected chi connectivity index (χ0v) is 16.8. The van der Waals surface area contributed by atoms with Gasteiger partial charge in [-0.15, -0.1) is 5.10 Å². The van der Waals surface area contributed by atoms with E-state index in [0.717, 1.165) is 17.7 Å². The molecule has 0 fully saturated rings. The van der Waals surface area contributed by atoms with E-state index in [4.69, 9.17) is 0 Å². The van der Waals surface area contributed by atoms with Crippen LogP contribution in [0.15, 0.2) is 79.6 Å². The summed E-state index contributed by atoms with van der Waals surface area (Å²) in [4.78, 5) is 14.3. The Labute approximate surface area is 171 Å². The third-order valence-corrected chi connectivity index (χ3v) is 3.96. The van der Waals surface area contributed by atoms with Gasteiger partial charge in [-0.1, -0.05) is 50.4 Å². The Bertz CT molecular complexity index is 963. The largest absolute Gasteiger partial charge is 0.508 e. The lowest BCUT2D eigenvalue weighted by atomic mass is 10.1. The highest BCUT2D eigenvalue weighted by Crippen LogP contribution is 2.17. The average molecular weight is 390 g/mol. The maximum absolute atomic E-state index is 12.9. The van der Waals surface area contributed by atoms with Crippen molar-refractivity contribution in [3.05, 3.63) is 96.5 Å². The number of hydrogen-bond donors (Lipinski definition) is 2. The number of allylic oxidation sites excluding steroid dienone is 7. The number of aromatic nitrogens is 3. The third kappa shape index (κ3) is 5.90. The molecular formula is C23H26N4O2. The fourth-order valence-electron chi connectivity index (χ4n) is 2.63. The summed E-state index contributed by atoms with van der Waals surface area (Å²) in [5.41, 5.74) is 2.96. The van der Waals surface area contributed by atoms with Crippen molar-refractivity contribution in [3.8, 4) is 5.75 Å². The topological polar surface area (TPSA) is 80.0 Å². The first-order valence-corrected chi connectivity index (χ1v) is 9.36. The first-order valence-electron chi connectivity index (χ1n) is 9.36. The average Bonchev–Trinajstić information content (AvgIpc) is 3.13. The lowest BCUT2D eigenvalue weighted by Gasteiger charge is -2.05. The van der Waals surface area contributed by atoms with Crippen LogP contribution in [0.25, 0.3) is 5.70 Å². The molecule has 0 aliphatic rings. The van der Waals surface area contributed by atoms with Crippen molar-refractivity contribution in [1.29, 1.82) is 0 Å². The summed E-state index contributed by atoms with van der Waals surface area (Å²) in [5, 5.41) is 21.3. The van der Waals surface area contributed by atoms with Crippen molar-refractivity contribution < 1.29 is 9.90 Å². The van der Waals surface area contributed by atoms with E-state index in [1.165, 1.54) is 10.9 Å². The van der Waals surface area contributed by atoms with Gasteiger partial charge in [0.15, 0.2) is 5.69 Å². The molecule has 2 rings (SSSR count). The zero-order valence-electron chi connectivity index (χ0n) is 16.8. The standard InChI is InChI=1S/C23H26N4O2/c1-5-9-18(8-4)24-23(29)22-21(16-17-12-14-20(28)15-13-17)25-27(26-22)19(10-6-2)11-7-3/h5-6,8-15,28H,1,4,7,16H2,2-3H3,(H,24,29)/b10-6-,18-9+,19-11+. The molecule has 29 heavy (non-hydrogen) atoms. The maximum Gasteiger partial charge on any atom is 0.278 e. The predicted octanol–water partition coefficient (Wildman–Crippen LogP) is 4.39. The fraction of sp³-hybridized carbons (Fsp3) is 0.174. The molecule has 0 atom stereocenters. The van der Waals surface area contributed by atoms with E-state index in [9.17, 15) is 9.90 Å². The number of nitrogens with one attached hydrogen (secondary N) is 1. The molecule has 2 aromatic rings. The summed E-state index contributed by atoms with van der Waals surface area (Å²) in [6.07, 6.45) is 11.7. The van der Waals surface area contributed by atoms with Crippen LogP contribution in [0, 0.1) is 0 Å². The van der Waals surface area contributed by atoms with Gasteiger partial charge >= 0.3 is 0 Å². The molecule has 0 radical (unpaired) electrons. The lowest BCUT2D eigenvalue weighted by Crippen LogP contribution is -2.23. The van der Waals surface area contributed by atoms with Crippen LogP contribution >= 0.6 is 0 Å². The number of amides is 1.